The van der Waals surface area contributed by atoms with Crippen LogP contribution in [0.1, 0.15) is 57.9 Å². The highest BCUT2D eigenvalue weighted by molar-refractivity contribution is 5.52. The van der Waals surface area contributed by atoms with Gasteiger partial charge in [-0.15, -0.1) is 0 Å². The Morgan fingerprint density at radius 3 is 2.26 bits per heavy atom. The van der Waals surface area contributed by atoms with Gasteiger partial charge >= 0.3 is 0 Å². The second-order valence-corrected chi connectivity index (χ2v) is 5.25. The number of rotatable bonds is 8. The monoisotopic (exact) mass is 257 g/mol. The summed E-state index contributed by atoms with van der Waals surface area (Å²) >= 11 is 0. The standard InChI is InChI=1S/C18H27N/c1-6-8-9-16(7-2)17-10-12-18(13-11-17)19-15(5)14(3)4/h10-13,16,19H,3,5-9H2,1-2,4H3. The van der Waals surface area contributed by atoms with Gasteiger partial charge < -0.3 is 5.32 Å². The minimum absolute atomic E-state index is 0.693. The SMILES string of the molecule is C=C(C)C(=C)Nc1ccc(C(CC)CCCC)cc1. The number of anilines is 1. The highest BCUT2D eigenvalue weighted by atomic mass is 14.9. The molecule has 104 valence electrons. The molecule has 0 saturated heterocycles. The molecule has 1 heteroatoms. The lowest BCUT2D eigenvalue weighted by atomic mass is 9.91. The Morgan fingerprint density at radius 2 is 1.79 bits per heavy atom. The molecule has 1 N–H and O–H groups in total. The molecular weight excluding hydrogens is 230 g/mol. The average molecular weight is 257 g/mol. The second-order valence-electron chi connectivity index (χ2n) is 5.25. The van der Waals surface area contributed by atoms with Gasteiger partial charge in [0.2, 0.25) is 0 Å². The fourth-order valence-corrected chi connectivity index (χ4v) is 2.18. The Bertz CT molecular complexity index is 414. The van der Waals surface area contributed by atoms with Crippen LogP contribution in [0.15, 0.2) is 48.7 Å². The number of hydrogen-bond donors (Lipinski definition) is 1. The Labute approximate surface area is 118 Å². The normalized spacial score (nSPS) is 11.9. The van der Waals surface area contributed by atoms with Gasteiger partial charge in [0.05, 0.1) is 0 Å². The summed E-state index contributed by atoms with van der Waals surface area (Å²) in [6.45, 7) is 14.3. The number of benzene rings is 1. The lowest BCUT2D eigenvalue weighted by Gasteiger charge is -2.16. The first kappa shape index (κ1) is 15.6. The Balaban J connectivity index is 2.69. The smallest absolute Gasteiger partial charge is 0.0384 e. The summed E-state index contributed by atoms with van der Waals surface area (Å²) in [7, 11) is 0. The molecule has 1 aromatic rings. The third-order valence-corrected chi connectivity index (χ3v) is 3.59. The molecule has 0 aromatic heterocycles. The van der Waals surface area contributed by atoms with E-state index in [0.29, 0.717) is 5.92 Å². The van der Waals surface area contributed by atoms with E-state index < -0.39 is 0 Å². The molecule has 1 nitrogen and oxygen atoms in total. The van der Waals surface area contributed by atoms with Crippen LogP contribution in [0.5, 0.6) is 0 Å². The van der Waals surface area contributed by atoms with Crippen LogP contribution in [0, 0.1) is 0 Å². The molecule has 0 heterocycles. The summed E-state index contributed by atoms with van der Waals surface area (Å²) in [4.78, 5) is 0. The van der Waals surface area contributed by atoms with E-state index in [-0.39, 0.29) is 0 Å². The van der Waals surface area contributed by atoms with E-state index in [0.717, 1.165) is 17.0 Å². The maximum atomic E-state index is 3.95. The molecule has 0 amide bonds. The maximum Gasteiger partial charge on any atom is 0.0384 e. The maximum absolute atomic E-state index is 3.95. The lowest BCUT2D eigenvalue weighted by molar-refractivity contribution is 0.570. The van der Waals surface area contributed by atoms with Crippen molar-refractivity contribution >= 4 is 5.69 Å². The van der Waals surface area contributed by atoms with Gasteiger partial charge in [-0.05, 0) is 49.0 Å². The van der Waals surface area contributed by atoms with E-state index in [1.165, 1.54) is 31.2 Å². The topological polar surface area (TPSA) is 12.0 Å². The summed E-state index contributed by atoms with van der Waals surface area (Å²) in [6, 6.07) is 8.74. The van der Waals surface area contributed by atoms with E-state index >= 15 is 0 Å². The van der Waals surface area contributed by atoms with Gasteiger partial charge in [0.1, 0.15) is 0 Å². The quantitative estimate of drug-likeness (QED) is 0.574. The fraction of sp³-hybridized carbons (Fsp3) is 0.444. The van der Waals surface area contributed by atoms with E-state index in [1.807, 2.05) is 6.92 Å². The molecule has 1 atom stereocenters. The number of nitrogens with one attached hydrogen (secondary N) is 1. The fourth-order valence-electron chi connectivity index (χ4n) is 2.18. The van der Waals surface area contributed by atoms with Crippen LogP contribution >= 0.6 is 0 Å². The van der Waals surface area contributed by atoms with Crippen molar-refractivity contribution in [2.75, 3.05) is 5.32 Å². The van der Waals surface area contributed by atoms with Gasteiger partial charge in [0, 0.05) is 11.4 Å². The van der Waals surface area contributed by atoms with Crippen molar-refractivity contribution in [1.29, 1.82) is 0 Å². The van der Waals surface area contributed by atoms with Crippen molar-refractivity contribution in [2.45, 2.75) is 52.4 Å². The van der Waals surface area contributed by atoms with E-state index in [1.54, 1.807) is 0 Å². The van der Waals surface area contributed by atoms with Crippen LogP contribution in [0.25, 0.3) is 0 Å². The second kappa shape index (κ2) is 7.83. The molecule has 1 rings (SSSR count). The average Bonchev–Trinajstić information content (AvgIpc) is 2.41. The minimum Gasteiger partial charge on any atom is -0.356 e. The highest BCUT2D eigenvalue weighted by Crippen LogP contribution is 2.26. The molecule has 0 aliphatic heterocycles. The van der Waals surface area contributed by atoms with E-state index in [9.17, 15) is 0 Å². The molecule has 1 aromatic carbocycles. The summed E-state index contributed by atoms with van der Waals surface area (Å²) in [6.07, 6.45) is 5.09. The van der Waals surface area contributed by atoms with Crippen LogP contribution in [0.4, 0.5) is 5.69 Å². The molecule has 0 spiro atoms. The zero-order valence-corrected chi connectivity index (χ0v) is 12.6. The molecule has 0 fully saturated rings. The lowest BCUT2D eigenvalue weighted by Crippen LogP contribution is -2.00. The van der Waals surface area contributed by atoms with Gasteiger partial charge in [-0.25, -0.2) is 0 Å². The van der Waals surface area contributed by atoms with Gasteiger partial charge in [-0.1, -0.05) is 52.0 Å². The van der Waals surface area contributed by atoms with E-state index in [4.69, 9.17) is 0 Å². The number of allylic oxidation sites excluding steroid dienone is 1. The van der Waals surface area contributed by atoms with Crippen LogP contribution < -0.4 is 5.32 Å². The Kier molecular flexibility index (Phi) is 6.41. The van der Waals surface area contributed by atoms with Gasteiger partial charge in [-0.2, -0.15) is 0 Å². The van der Waals surface area contributed by atoms with Gasteiger partial charge in [0.15, 0.2) is 0 Å². The van der Waals surface area contributed by atoms with Crippen molar-refractivity contribution in [2.24, 2.45) is 0 Å². The molecule has 0 saturated carbocycles. The van der Waals surface area contributed by atoms with Crippen LogP contribution in [0.3, 0.4) is 0 Å². The predicted octanol–water partition coefficient (Wildman–Crippen LogP) is 5.87. The largest absolute Gasteiger partial charge is 0.356 e. The zero-order valence-electron chi connectivity index (χ0n) is 12.6. The molecule has 19 heavy (non-hydrogen) atoms. The van der Waals surface area contributed by atoms with Crippen molar-refractivity contribution in [3.05, 3.63) is 54.3 Å². The zero-order chi connectivity index (χ0) is 14.3. The van der Waals surface area contributed by atoms with Crippen LogP contribution in [0.2, 0.25) is 0 Å². The molecule has 0 radical (unpaired) electrons. The molecular formula is C18H27N. The van der Waals surface area contributed by atoms with Crippen LogP contribution in [-0.2, 0) is 0 Å². The van der Waals surface area contributed by atoms with E-state index in [2.05, 4.69) is 56.6 Å². The first-order valence-electron chi connectivity index (χ1n) is 7.30. The number of unbranched alkanes of at least 4 members (excludes halogenated alkanes) is 1. The Hall–Kier alpha value is -1.50. The van der Waals surface area contributed by atoms with Crippen LogP contribution in [-0.4, -0.2) is 0 Å². The molecule has 0 aliphatic rings. The summed E-state index contributed by atoms with van der Waals surface area (Å²) in [5.41, 5.74) is 4.38. The summed E-state index contributed by atoms with van der Waals surface area (Å²) in [5.74, 6) is 0.693. The molecule has 0 aliphatic carbocycles. The number of hydrogen-bond acceptors (Lipinski definition) is 1. The molecule has 0 bridgehead atoms. The summed E-state index contributed by atoms with van der Waals surface area (Å²) in [5, 5.41) is 3.27. The van der Waals surface area contributed by atoms with Crippen molar-refractivity contribution in [3.63, 3.8) is 0 Å². The van der Waals surface area contributed by atoms with Gasteiger partial charge in [-0.3, -0.25) is 0 Å². The van der Waals surface area contributed by atoms with Crippen molar-refractivity contribution in [1.82, 2.24) is 0 Å². The summed E-state index contributed by atoms with van der Waals surface area (Å²) < 4.78 is 0. The predicted molar refractivity (Wildman–Crippen MR) is 86.6 cm³/mol. The van der Waals surface area contributed by atoms with Gasteiger partial charge in [0.25, 0.3) is 0 Å². The minimum atomic E-state index is 0.693. The van der Waals surface area contributed by atoms with Crippen molar-refractivity contribution < 1.29 is 0 Å². The first-order chi connectivity index (χ1) is 9.08. The first-order valence-corrected chi connectivity index (χ1v) is 7.30. The highest BCUT2D eigenvalue weighted by Gasteiger charge is 2.08. The van der Waals surface area contributed by atoms with Crippen molar-refractivity contribution in [3.8, 4) is 0 Å². The third-order valence-electron chi connectivity index (χ3n) is 3.59. The molecule has 1 unspecified atom stereocenters. The third kappa shape index (κ3) is 4.94. The Morgan fingerprint density at radius 1 is 1.16 bits per heavy atom.